The molecule has 2 atom stereocenters. The molecule has 0 spiro atoms. The van der Waals surface area contributed by atoms with E-state index in [1.807, 2.05) is 43.3 Å². The van der Waals surface area contributed by atoms with Gasteiger partial charge in [0.25, 0.3) is 0 Å². The van der Waals surface area contributed by atoms with Crippen molar-refractivity contribution in [2.75, 3.05) is 6.54 Å². The molecule has 0 unspecified atom stereocenters. The number of carboxylic acid groups (broad SMARTS) is 1. The minimum absolute atomic E-state index is 0. The Balaban J connectivity index is 0.00000370. The fourth-order valence-corrected chi connectivity index (χ4v) is 5.68. The molecule has 1 aromatic heterocycles. The summed E-state index contributed by atoms with van der Waals surface area (Å²) in [5.41, 5.74) is 4.75. The van der Waals surface area contributed by atoms with Crippen molar-refractivity contribution in [1.29, 1.82) is 0 Å². The molecule has 3 aromatic carbocycles. The van der Waals surface area contributed by atoms with Gasteiger partial charge in [0.2, 0.25) is 0 Å². The second-order valence-electron chi connectivity index (χ2n) is 11.1. The Bertz CT molecular complexity index is 1540. The number of fused-ring (bicyclic) bond motifs is 2. The summed E-state index contributed by atoms with van der Waals surface area (Å²) in [6, 6.07) is 17.5. The molecule has 0 bridgehead atoms. The van der Waals surface area contributed by atoms with Crippen LogP contribution in [0.5, 0.6) is 5.75 Å². The molecule has 40 heavy (non-hydrogen) atoms. The molecule has 1 aliphatic rings. The van der Waals surface area contributed by atoms with Crippen molar-refractivity contribution in [2.45, 2.75) is 65.8 Å². The first kappa shape index (κ1) is 30.2. The third-order valence-corrected chi connectivity index (χ3v) is 7.66. The number of benzene rings is 3. The van der Waals surface area contributed by atoms with Gasteiger partial charge in [0, 0.05) is 37.7 Å². The Labute approximate surface area is 256 Å². The second kappa shape index (κ2) is 12.0. The molecule has 5 rings (SSSR count). The fraction of sp³-hybridized carbons (Fsp3) is 0.387. The third kappa shape index (κ3) is 5.96. The fourth-order valence-electron chi connectivity index (χ4n) is 5.68. The van der Waals surface area contributed by atoms with E-state index in [1.165, 1.54) is 0 Å². The van der Waals surface area contributed by atoms with Crippen LogP contribution in [0.25, 0.3) is 11.0 Å². The van der Waals surface area contributed by atoms with Crippen molar-refractivity contribution in [2.24, 2.45) is 5.92 Å². The number of para-hydroxylation sites is 1. The maximum atomic E-state index is 15.9. The molecule has 0 amide bonds. The topological polar surface area (TPSA) is 80.5 Å². The van der Waals surface area contributed by atoms with Gasteiger partial charge in [-0.2, -0.15) is 0 Å². The Morgan fingerprint density at radius 2 is 1.93 bits per heavy atom. The van der Waals surface area contributed by atoms with Crippen molar-refractivity contribution in [1.82, 2.24) is 19.9 Å². The predicted octanol–water partition coefficient (Wildman–Crippen LogP) is 5.28. The van der Waals surface area contributed by atoms with E-state index in [2.05, 4.69) is 42.0 Å². The van der Waals surface area contributed by atoms with Gasteiger partial charge in [-0.1, -0.05) is 54.6 Å². The average molecular weight is 555 g/mol. The van der Waals surface area contributed by atoms with Crippen LogP contribution in [0.3, 0.4) is 0 Å². The molecule has 206 valence electrons. The summed E-state index contributed by atoms with van der Waals surface area (Å²) in [4.78, 5) is 14.6. The zero-order valence-corrected chi connectivity index (χ0v) is 23.1. The summed E-state index contributed by atoms with van der Waals surface area (Å²) in [5, 5.41) is 18.1. The number of aryl methyl sites for hydroxylation is 2. The summed E-state index contributed by atoms with van der Waals surface area (Å²) < 4.78 is 23.8. The van der Waals surface area contributed by atoms with Crippen LogP contribution in [0, 0.1) is 18.7 Å². The Kier molecular flexibility index (Phi) is 9.05. The van der Waals surface area contributed by atoms with E-state index < -0.39 is 23.6 Å². The molecular weight excluding hydrogens is 518 g/mol. The van der Waals surface area contributed by atoms with Gasteiger partial charge in [0.15, 0.2) is 5.82 Å². The maximum absolute atomic E-state index is 15.9. The molecular formula is C31H36FN4NaO3. The standard InChI is InChI=1S/C31H35FN4O3.Na.H/c1-6-36-25-14-13-24(28(32)29(25)33-34-36)27(20(3)30(37)38)21-12-11-19(2)23(15-21)17-35-16-22-9-7-8-10-26(22)39-31(4,5)18-35;;/h7-15,20,27H,6,16-18H2,1-5H3,(H,37,38);;/t20-,27+;;/m1../s1. The Hall–Kier alpha value is -2.78. The number of ether oxygens (including phenoxy) is 1. The number of hydrogen-bond donors (Lipinski definition) is 1. The Morgan fingerprint density at radius 1 is 1.18 bits per heavy atom. The van der Waals surface area contributed by atoms with Gasteiger partial charge in [0.05, 0.1) is 11.4 Å². The van der Waals surface area contributed by atoms with E-state index in [4.69, 9.17) is 4.74 Å². The Morgan fingerprint density at radius 3 is 2.65 bits per heavy atom. The number of nitrogens with zero attached hydrogens (tertiary/aromatic N) is 4. The van der Waals surface area contributed by atoms with E-state index in [0.29, 0.717) is 24.2 Å². The second-order valence-corrected chi connectivity index (χ2v) is 11.1. The van der Waals surface area contributed by atoms with Crippen LogP contribution in [0.4, 0.5) is 4.39 Å². The van der Waals surface area contributed by atoms with Crippen molar-refractivity contribution >= 4 is 46.6 Å². The van der Waals surface area contributed by atoms with E-state index >= 15 is 4.39 Å². The van der Waals surface area contributed by atoms with Crippen molar-refractivity contribution in [3.63, 3.8) is 0 Å². The van der Waals surface area contributed by atoms with Crippen LogP contribution in [-0.4, -0.2) is 72.7 Å². The van der Waals surface area contributed by atoms with Crippen LogP contribution < -0.4 is 4.74 Å². The van der Waals surface area contributed by atoms with E-state index in [1.54, 1.807) is 23.7 Å². The number of halogens is 1. The summed E-state index contributed by atoms with van der Waals surface area (Å²) in [5.74, 6) is -2.15. The van der Waals surface area contributed by atoms with E-state index in [9.17, 15) is 9.90 Å². The van der Waals surface area contributed by atoms with Crippen molar-refractivity contribution in [3.8, 4) is 5.75 Å². The van der Waals surface area contributed by atoms with Gasteiger partial charge >= 0.3 is 35.5 Å². The zero-order chi connectivity index (χ0) is 27.9. The zero-order valence-electron chi connectivity index (χ0n) is 23.1. The van der Waals surface area contributed by atoms with Crippen molar-refractivity contribution in [3.05, 3.63) is 88.2 Å². The molecule has 0 saturated carbocycles. The number of hydrogen-bond acceptors (Lipinski definition) is 5. The molecule has 4 aromatic rings. The van der Waals surface area contributed by atoms with Crippen LogP contribution in [0.2, 0.25) is 0 Å². The number of carboxylic acids is 1. The molecule has 7 nitrogen and oxygen atoms in total. The predicted molar refractivity (Wildman–Crippen MR) is 155 cm³/mol. The van der Waals surface area contributed by atoms with Gasteiger partial charge in [-0.25, -0.2) is 9.07 Å². The van der Waals surface area contributed by atoms with Crippen LogP contribution in [0.1, 0.15) is 61.4 Å². The molecule has 0 radical (unpaired) electrons. The molecule has 1 N–H and O–H groups in total. The van der Waals surface area contributed by atoms with Gasteiger partial charge in [-0.3, -0.25) is 9.69 Å². The van der Waals surface area contributed by atoms with E-state index in [0.717, 1.165) is 41.1 Å². The first-order valence-electron chi connectivity index (χ1n) is 13.4. The molecule has 1 aliphatic heterocycles. The van der Waals surface area contributed by atoms with Gasteiger partial charge in [-0.15, -0.1) is 5.10 Å². The molecule has 0 saturated heterocycles. The van der Waals surface area contributed by atoms with Crippen LogP contribution in [0.15, 0.2) is 54.6 Å². The number of carbonyl (C=O) groups is 1. The summed E-state index contributed by atoms with van der Waals surface area (Å²) in [7, 11) is 0. The van der Waals surface area contributed by atoms with Crippen LogP contribution >= 0.6 is 0 Å². The first-order valence-corrected chi connectivity index (χ1v) is 13.4. The van der Waals surface area contributed by atoms with Gasteiger partial charge in [-0.05, 0) is 62.1 Å². The third-order valence-electron chi connectivity index (χ3n) is 7.66. The molecule has 0 aliphatic carbocycles. The first-order chi connectivity index (χ1) is 18.6. The summed E-state index contributed by atoms with van der Waals surface area (Å²) in [6.07, 6.45) is 0. The SMILES string of the molecule is CCn1nnc2c(F)c([C@H](c3ccc(C)c(CN4Cc5ccccc5OC(C)(C)C4)c3)[C@@H](C)C(=O)O)ccc21.[NaH]. The van der Waals surface area contributed by atoms with Gasteiger partial charge in [0.1, 0.15) is 16.9 Å². The summed E-state index contributed by atoms with van der Waals surface area (Å²) >= 11 is 0. The molecule has 2 heterocycles. The van der Waals surface area contributed by atoms with Crippen molar-refractivity contribution < 1.29 is 19.0 Å². The quantitative estimate of drug-likeness (QED) is 0.313. The number of rotatable bonds is 7. The molecule has 9 heteroatoms. The summed E-state index contributed by atoms with van der Waals surface area (Å²) in [6.45, 7) is 12.4. The van der Waals surface area contributed by atoms with Crippen LogP contribution in [-0.2, 0) is 24.4 Å². The number of aromatic nitrogens is 3. The minimum atomic E-state index is -0.984. The van der Waals surface area contributed by atoms with E-state index in [-0.39, 0.29) is 40.7 Å². The normalized spacial score (nSPS) is 16.4. The molecule has 0 fully saturated rings. The monoisotopic (exact) mass is 554 g/mol. The number of aliphatic carboxylic acids is 1. The van der Waals surface area contributed by atoms with Gasteiger partial charge < -0.3 is 9.84 Å². The average Bonchev–Trinajstić information content (AvgIpc) is 3.26.